The summed E-state index contributed by atoms with van der Waals surface area (Å²) >= 11 is 0. The Morgan fingerprint density at radius 2 is 1.84 bits per heavy atom. The van der Waals surface area contributed by atoms with Crippen molar-refractivity contribution in [3.8, 4) is 11.3 Å². The molecule has 1 saturated heterocycles. The summed E-state index contributed by atoms with van der Waals surface area (Å²) in [5, 5.41) is 7.33. The molecule has 0 unspecified atom stereocenters. The maximum absolute atomic E-state index is 12.3. The minimum Gasteiger partial charge on any atom is -0.338 e. The van der Waals surface area contributed by atoms with Crippen LogP contribution in [0.25, 0.3) is 22.2 Å². The van der Waals surface area contributed by atoms with Crippen molar-refractivity contribution >= 4 is 28.4 Å². The molecular weight excluding hydrogens is 388 g/mol. The molecule has 31 heavy (non-hydrogen) atoms. The maximum Gasteiger partial charge on any atom is 0.226 e. The van der Waals surface area contributed by atoms with Crippen molar-refractivity contribution in [2.45, 2.75) is 25.7 Å². The molecule has 1 fully saturated rings. The number of carbonyl (C=O) groups is 1. The van der Waals surface area contributed by atoms with Gasteiger partial charge in [0.15, 0.2) is 0 Å². The average molecular weight is 419 g/mol. The first-order chi connectivity index (χ1) is 15.2. The number of carbonyl (C=O) groups excluding carboxylic acids is 1. The summed E-state index contributed by atoms with van der Waals surface area (Å²) < 4.78 is 0. The van der Waals surface area contributed by atoms with Crippen molar-refractivity contribution in [3.63, 3.8) is 0 Å². The second kappa shape index (κ2) is 10.3. The highest BCUT2D eigenvalue weighted by molar-refractivity contribution is 5.98. The Kier molecular flexibility index (Phi) is 7.07. The molecule has 0 bridgehead atoms. The van der Waals surface area contributed by atoms with E-state index >= 15 is 0 Å². The van der Waals surface area contributed by atoms with Gasteiger partial charge in [0.25, 0.3) is 0 Å². The van der Waals surface area contributed by atoms with Crippen LogP contribution in [0.1, 0.15) is 25.7 Å². The lowest BCUT2D eigenvalue weighted by atomic mass is 10.1. The first-order valence-electron chi connectivity index (χ1n) is 11.1. The molecule has 2 heterocycles. The van der Waals surface area contributed by atoms with Crippen LogP contribution >= 0.6 is 0 Å². The number of unbranched alkanes of at least 4 members (excludes halogenated alkanes) is 2. The first kappa shape index (κ1) is 21.2. The fraction of sp³-hybridized carbons (Fsp3) is 0.375. The Labute approximate surface area is 183 Å². The number of hydrogen-bond donors (Lipinski definition) is 3. The Hall–Kier alpha value is -3.03. The number of anilines is 2. The average Bonchev–Trinajstić information content (AvgIpc) is 2.82. The van der Waals surface area contributed by atoms with E-state index in [1.54, 1.807) is 0 Å². The topological polar surface area (TPSA) is 96.2 Å². The molecule has 0 atom stereocenters. The number of nitrogens with zero attached hydrogens (tertiary/aromatic N) is 3. The van der Waals surface area contributed by atoms with Crippen LogP contribution in [-0.2, 0) is 4.79 Å². The number of aromatic nitrogens is 2. The molecule has 3 aromatic rings. The Morgan fingerprint density at radius 3 is 2.61 bits per heavy atom. The molecule has 0 radical (unpaired) electrons. The van der Waals surface area contributed by atoms with Crippen LogP contribution in [0.3, 0.4) is 0 Å². The van der Waals surface area contributed by atoms with Gasteiger partial charge >= 0.3 is 0 Å². The van der Waals surface area contributed by atoms with Gasteiger partial charge in [0.2, 0.25) is 11.9 Å². The van der Waals surface area contributed by atoms with Gasteiger partial charge in [0, 0.05) is 49.2 Å². The van der Waals surface area contributed by atoms with E-state index in [1.807, 2.05) is 36.4 Å². The lowest BCUT2D eigenvalue weighted by molar-refractivity contribution is -0.116. The molecule has 7 nitrogen and oxygen atoms in total. The molecule has 1 aromatic heterocycles. The summed E-state index contributed by atoms with van der Waals surface area (Å²) in [6.45, 7) is 4.30. The summed E-state index contributed by atoms with van der Waals surface area (Å²) in [6, 6.07) is 16.0. The Bertz CT molecular complexity index is 1020. The fourth-order valence-corrected chi connectivity index (χ4v) is 3.85. The smallest absolute Gasteiger partial charge is 0.226 e. The number of nitrogens with one attached hydrogen (secondary N) is 2. The third-order valence-corrected chi connectivity index (χ3v) is 5.52. The van der Waals surface area contributed by atoms with E-state index in [0.717, 1.165) is 79.2 Å². The highest BCUT2D eigenvalue weighted by atomic mass is 16.1. The van der Waals surface area contributed by atoms with Crippen LogP contribution in [0.2, 0.25) is 0 Å². The highest BCUT2D eigenvalue weighted by Gasteiger charge is 2.17. The van der Waals surface area contributed by atoms with E-state index in [4.69, 9.17) is 15.7 Å². The van der Waals surface area contributed by atoms with Crippen molar-refractivity contribution in [1.29, 1.82) is 0 Å². The Balaban J connectivity index is 1.64. The number of hydrogen-bond acceptors (Lipinski definition) is 6. The van der Waals surface area contributed by atoms with Gasteiger partial charge in [-0.2, -0.15) is 0 Å². The van der Waals surface area contributed by atoms with E-state index in [-0.39, 0.29) is 5.91 Å². The van der Waals surface area contributed by atoms with E-state index in [0.29, 0.717) is 13.0 Å². The zero-order valence-electron chi connectivity index (χ0n) is 17.8. The summed E-state index contributed by atoms with van der Waals surface area (Å²) in [7, 11) is 0. The van der Waals surface area contributed by atoms with Crippen LogP contribution in [0.5, 0.6) is 0 Å². The largest absolute Gasteiger partial charge is 0.338 e. The zero-order valence-corrected chi connectivity index (χ0v) is 17.8. The van der Waals surface area contributed by atoms with Crippen LogP contribution < -0.4 is 21.3 Å². The van der Waals surface area contributed by atoms with Crippen LogP contribution in [0.4, 0.5) is 11.6 Å². The van der Waals surface area contributed by atoms with Crippen LogP contribution in [0.15, 0.2) is 48.5 Å². The van der Waals surface area contributed by atoms with E-state index < -0.39 is 0 Å². The standard InChI is InChI=1S/C24H30N6O/c25-12-6-2-5-9-22(31)27-19-10-11-21-20(17-19)23(18-7-3-1-4-8-18)29-24(28-21)30-15-13-26-14-16-30/h1,3-4,7-8,10-11,17,26H,2,5-6,9,12-16,25H2,(H,27,31). The molecular formula is C24H30N6O. The van der Waals surface area contributed by atoms with Crippen LogP contribution in [0, 0.1) is 0 Å². The molecule has 1 aliphatic heterocycles. The molecule has 4 rings (SSSR count). The van der Waals surface area contributed by atoms with Crippen molar-refractivity contribution in [2.24, 2.45) is 5.73 Å². The van der Waals surface area contributed by atoms with Gasteiger partial charge < -0.3 is 21.3 Å². The molecule has 162 valence electrons. The van der Waals surface area contributed by atoms with Crippen molar-refractivity contribution in [1.82, 2.24) is 15.3 Å². The minimum absolute atomic E-state index is 0.0241. The predicted octanol–water partition coefficient (Wildman–Crippen LogP) is 3.16. The number of amides is 1. The molecule has 4 N–H and O–H groups in total. The fourth-order valence-electron chi connectivity index (χ4n) is 3.85. The van der Waals surface area contributed by atoms with E-state index in [9.17, 15) is 4.79 Å². The third-order valence-electron chi connectivity index (χ3n) is 5.52. The quantitative estimate of drug-likeness (QED) is 0.486. The second-order valence-electron chi connectivity index (χ2n) is 7.85. The molecule has 1 amide bonds. The van der Waals surface area contributed by atoms with Gasteiger partial charge in [-0.3, -0.25) is 4.79 Å². The number of piperazine rings is 1. The monoisotopic (exact) mass is 418 g/mol. The van der Waals surface area contributed by atoms with Gasteiger partial charge in [-0.1, -0.05) is 36.8 Å². The molecule has 0 aliphatic carbocycles. The zero-order chi connectivity index (χ0) is 21.5. The van der Waals surface area contributed by atoms with Gasteiger partial charge in [-0.15, -0.1) is 0 Å². The molecule has 2 aromatic carbocycles. The van der Waals surface area contributed by atoms with Gasteiger partial charge in [0.1, 0.15) is 0 Å². The predicted molar refractivity (Wildman–Crippen MR) is 126 cm³/mol. The molecule has 0 spiro atoms. The third kappa shape index (κ3) is 5.37. The normalized spacial score (nSPS) is 14.0. The highest BCUT2D eigenvalue weighted by Crippen LogP contribution is 2.30. The number of nitrogens with two attached hydrogens (primary N) is 1. The summed E-state index contributed by atoms with van der Waals surface area (Å²) in [6.07, 6.45) is 3.28. The summed E-state index contributed by atoms with van der Waals surface area (Å²) in [5.74, 6) is 0.778. The van der Waals surface area contributed by atoms with Crippen molar-refractivity contribution in [2.75, 3.05) is 42.9 Å². The SMILES string of the molecule is NCCCCCC(=O)Nc1ccc2nc(N3CCNCC3)nc(-c3ccccc3)c2c1. The van der Waals surface area contributed by atoms with Gasteiger partial charge in [-0.05, 0) is 37.6 Å². The maximum atomic E-state index is 12.3. The van der Waals surface area contributed by atoms with Gasteiger partial charge in [0.05, 0.1) is 11.2 Å². The number of benzene rings is 2. The van der Waals surface area contributed by atoms with Crippen molar-refractivity contribution in [3.05, 3.63) is 48.5 Å². The lowest BCUT2D eigenvalue weighted by Crippen LogP contribution is -2.44. The lowest BCUT2D eigenvalue weighted by Gasteiger charge is -2.28. The van der Waals surface area contributed by atoms with Crippen LogP contribution in [-0.4, -0.2) is 48.6 Å². The van der Waals surface area contributed by atoms with E-state index in [2.05, 4.69) is 27.7 Å². The second-order valence-corrected chi connectivity index (χ2v) is 7.85. The number of fused-ring (bicyclic) bond motifs is 1. The van der Waals surface area contributed by atoms with Crippen molar-refractivity contribution < 1.29 is 4.79 Å². The molecule has 0 saturated carbocycles. The summed E-state index contributed by atoms with van der Waals surface area (Å²) in [4.78, 5) is 24.3. The molecule has 7 heteroatoms. The number of rotatable bonds is 8. The van der Waals surface area contributed by atoms with Gasteiger partial charge in [-0.25, -0.2) is 9.97 Å². The molecule has 1 aliphatic rings. The van der Waals surface area contributed by atoms with E-state index in [1.165, 1.54) is 0 Å². The summed E-state index contributed by atoms with van der Waals surface area (Å²) in [5.41, 5.74) is 9.10. The minimum atomic E-state index is 0.0241. The Morgan fingerprint density at radius 1 is 1.03 bits per heavy atom. The first-order valence-corrected chi connectivity index (χ1v) is 11.1.